The SMILES string of the molecule is CCOC(=O)[C@@H]1C(=O)N(CCCOC)c2nc3ccccc3n2[C@H]1c1ccncc1. The number of methoxy groups -OCH3 is 1. The van der Waals surface area contributed by atoms with Crippen LogP contribution in [0.25, 0.3) is 11.0 Å². The standard InChI is InChI=1S/C22H24N4O4/c1-3-30-21(28)18-19(15-9-11-23-12-10-15)26-17-8-5-4-7-16(17)24-22(26)25(20(18)27)13-6-14-29-2/h4-5,7-12,18-19H,3,6,13-14H2,1-2H3/t18-,19-/m0/s1. The molecule has 30 heavy (non-hydrogen) atoms. The van der Waals surface area contributed by atoms with Crippen LogP contribution in [-0.4, -0.2) is 53.3 Å². The summed E-state index contributed by atoms with van der Waals surface area (Å²) in [6.45, 7) is 2.84. The number of amides is 1. The third kappa shape index (κ3) is 3.43. The van der Waals surface area contributed by atoms with Crippen molar-refractivity contribution < 1.29 is 19.1 Å². The lowest BCUT2D eigenvalue weighted by molar-refractivity contribution is -0.153. The van der Waals surface area contributed by atoms with Crippen LogP contribution in [0, 0.1) is 5.92 Å². The van der Waals surface area contributed by atoms with Gasteiger partial charge in [0.2, 0.25) is 11.9 Å². The Kier molecular flexibility index (Phi) is 5.76. The van der Waals surface area contributed by atoms with Crippen molar-refractivity contribution in [2.75, 3.05) is 31.8 Å². The number of ether oxygens (including phenoxy) is 2. The quantitative estimate of drug-likeness (QED) is 0.339. The number of anilines is 1. The number of hydrogen-bond acceptors (Lipinski definition) is 6. The molecule has 0 unspecified atom stereocenters. The number of pyridine rings is 1. The van der Waals surface area contributed by atoms with E-state index < -0.39 is 17.9 Å². The van der Waals surface area contributed by atoms with E-state index in [2.05, 4.69) is 4.98 Å². The van der Waals surface area contributed by atoms with Crippen LogP contribution in [-0.2, 0) is 19.1 Å². The Balaban J connectivity index is 1.93. The second kappa shape index (κ2) is 8.62. The van der Waals surface area contributed by atoms with Crippen molar-refractivity contribution in [3.8, 4) is 0 Å². The number of rotatable bonds is 7. The van der Waals surface area contributed by atoms with Crippen LogP contribution < -0.4 is 4.90 Å². The first-order valence-electron chi connectivity index (χ1n) is 10.0. The Morgan fingerprint density at radius 1 is 1.17 bits per heavy atom. The van der Waals surface area contributed by atoms with Crippen LogP contribution in [0.2, 0.25) is 0 Å². The molecule has 1 aromatic carbocycles. The van der Waals surface area contributed by atoms with Crippen LogP contribution in [0.3, 0.4) is 0 Å². The molecule has 1 aliphatic rings. The molecule has 2 atom stereocenters. The summed E-state index contributed by atoms with van der Waals surface area (Å²) in [6, 6.07) is 10.8. The topological polar surface area (TPSA) is 86.5 Å². The van der Waals surface area contributed by atoms with Gasteiger partial charge in [0, 0.05) is 32.7 Å². The Morgan fingerprint density at radius 2 is 1.93 bits per heavy atom. The minimum Gasteiger partial charge on any atom is -0.465 e. The lowest BCUT2D eigenvalue weighted by Gasteiger charge is -2.37. The Labute approximate surface area is 174 Å². The summed E-state index contributed by atoms with van der Waals surface area (Å²) in [5.41, 5.74) is 2.42. The second-order valence-electron chi connectivity index (χ2n) is 7.06. The zero-order chi connectivity index (χ0) is 21.1. The highest BCUT2D eigenvalue weighted by Gasteiger charge is 2.47. The number of hydrogen-bond donors (Lipinski definition) is 0. The van der Waals surface area contributed by atoms with Gasteiger partial charge in [0.15, 0.2) is 5.92 Å². The van der Waals surface area contributed by atoms with Gasteiger partial charge in [-0.05, 0) is 43.2 Å². The molecular formula is C22H24N4O4. The maximum Gasteiger partial charge on any atom is 0.321 e. The molecule has 0 saturated heterocycles. The van der Waals surface area contributed by atoms with E-state index in [9.17, 15) is 9.59 Å². The number of para-hydroxylation sites is 2. The van der Waals surface area contributed by atoms with Crippen molar-refractivity contribution in [2.45, 2.75) is 19.4 Å². The highest BCUT2D eigenvalue weighted by atomic mass is 16.5. The molecule has 3 heterocycles. The number of benzene rings is 1. The summed E-state index contributed by atoms with van der Waals surface area (Å²) in [4.78, 5) is 37.0. The number of fused-ring (bicyclic) bond motifs is 3. The minimum absolute atomic E-state index is 0.201. The van der Waals surface area contributed by atoms with E-state index in [0.29, 0.717) is 25.5 Å². The van der Waals surface area contributed by atoms with Gasteiger partial charge in [-0.15, -0.1) is 0 Å². The predicted octanol–water partition coefficient (Wildman–Crippen LogP) is 2.58. The third-order valence-electron chi connectivity index (χ3n) is 5.26. The summed E-state index contributed by atoms with van der Waals surface area (Å²) in [6.07, 6.45) is 3.94. The monoisotopic (exact) mass is 408 g/mol. The fourth-order valence-electron chi connectivity index (χ4n) is 3.99. The largest absolute Gasteiger partial charge is 0.465 e. The molecule has 8 heteroatoms. The average Bonchev–Trinajstić information content (AvgIpc) is 3.14. The molecule has 1 aliphatic heterocycles. The summed E-state index contributed by atoms with van der Waals surface area (Å²) in [7, 11) is 1.62. The summed E-state index contributed by atoms with van der Waals surface area (Å²) in [5.74, 6) is -1.33. The highest BCUT2D eigenvalue weighted by molar-refractivity contribution is 6.08. The van der Waals surface area contributed by atoms with E-state index in [-0.39, 0.29) is 12.5 Å². The molecule has 0 radical (unpaired) electrons. The summed E-state index contributed by atoms with van der Waals surface area (Å²) in [5, 5.41) is 0. The van der Waals surface area contributed by atoms with E-state index in [4.69, 9.17) is 14.5 Å². The van der Waals surface area contributed by atoms with Gasteiger partial charge in [-0.2, -0.15) is 0 Å². The fourth-order valence-corrected chi connectivity index (χ4v) is 3.99. The molecule has 0 N–H and O–H groups in total. The Bertz CT molecular complexity index is 1050. The number of imidazole rings is 1. The smallest absolute Gasteiger partial charge is 0.321 e. The molecule has 0 spiro atoms. The molecule has 8 nitrogen and oxygen atoms in total. The lowest BCUT2D eigenvalue weighted by atomic mass is 9.90. The van der Waals surface area contributed by atoms with E-state index in [1.807, 2.05) is 41.0 Å². The zero-order valence-corrected chi connectivity index (χ0v) is 17.0. The van der Waals surface area contributed by atoms with Gasteiger partial charge >= 0.3 is 5.97 Å². The normalized spacial score (nSPS) is 18.5. The van der Waals surface area contributed by atoms with Gasteiger partial charge in [-0.1, -0.05) is 12.1 Å². The van der Waals surface area contributed by atoms with Gasteiger partial charge in [0.1, 0.15) is 0 Å². The highest BCUT2D eigenvalue weighted by Crippen LogP contribution is 2.41. The minimum atomic E-state index is -1.01. The second-order valence-corrected chi connectivity index (χ2v) is 7.06. The van der Waals surface area contributed by atoms with Gasteiger partial charge < -0.3 is 14.0 Å². The average molecular weight is 408 g/mol. The van der Waals surface area contributed by atoms with Crippen LogP contribution in [0.1, 0.15) is 24.9 Å². The first-order valence-corrected chi connectivity index (χ1v) is 10.0. The van der Waals surface area contributed by atoms with Crippen molar-refractivity contribution in [2.24, 2.45) is 5.92 Å². The number of esters is 1. The molecular weight excluding hydrogens is 384 g/mol. The number of carbonyl (C=O) groups is 2. The first kappa shape index (κ1) is 20.0. The van der Waals surface area contributed by atoms with Crippen molar-refractivity contribution in [3.63, 3.8) is 0 Å². The predicted molar refractivity (Wildman–Crippen MR) is 111 cm³/mol. The molecule has 156 valence electrons. The maximum atomic E-state index is 13.6. The molecule has 1 amide bonds. The molecule has 2 aromatic heterocycles. The molecule has 0 fully saturated rings. The van der Waals surface area contributed by atoms with Crippen molar-refractivity contribution in [3.05, 3.63) is 54.4 Å². The van der Waals surface area contributed by atoms with Crippen LogP contribution in [0.4, 0.5) is 5.95 Å². The van der Waals surface area contributed by atoms with E-state index in [1.165, 1.54) is 0 Å². The fraction of sp³-hybridized carbons (Fsp3) is 0.364. The van der Waals surface area contributed by atoms with E-state index in [1.54, 1.807) is 31.3 Å². The van der Waals surface area contributed by atoms with Gasteiger partial charge in [-0.25, -0.2) is 4.98 Å². The van der Waals surface area contributed by atoms with Crippen molar-refractivity contribution >= 4 is 28.9 Å². The van der Waals surface area contributed by atoms with Gasteiger partial charge in [0.05, 0.1) is 23.7 Å². The van der Waals surface area contributed by atoms with Gasteiger partial charge in [-0.3, -0.25) is 19.5 Å². The Hall–Kier alpha value is -3.26. The zero-order valence-electron chi connectivity index (χ0n) is 17.0. The van der Waals surface area contributed by atoms with E-state index >= 15 is 0 Å². The molecule has 4 rings (SSSR count). The van der Waals surface area contributed by atoms with Crippen LogP contribution in [0.15, 0.2) is 48.8 Å². The lowest BCUT2D eigenvalue weighted by Crippen LogP contribution is -2.50. The summed E-state index contributed by atoms with van der Waals surface area (Å²) >= 11 is 0. The Morgan fingerprint density at radius 3 is 2.67 bits per heavy atom. The molecule has 0 aliphatic carbocycles. The maximum absolute atomic E-state index is 13.6. The van der Waals surface area contributed by atoms with Crippen LogP contribution >= 0.6 is 0 Å². The van der Waals surface area contributed by atoms with Crippen LogP contribution in [0.5, 0.6) is 0 Å². The molecule has 0 bridgehead atoms. The third-order valence-corrected chi connectivity index (χ3v) is 5.26. The molecule has 0 saturated carbocycles. The number of carbonyl (C=O) groups excluding carboxylic acids is 2. The number of nitrogens with zero attached hydrogens (tertiary/aromatic N) is 4. The van der Waals surface area contributed by atoms with E-state index in [0.717, 1.165) is 16.6 Å². The van der Waals surface area contributed by atoms with Gasteiger partial charge in [0.25, 0.3) is 0 Å². The first-order chi connectivity index (χ1) is 14.7. The van der Waals surface area contributed by atoms with Crippen molar-refractivity contribution in [1.82, 2.24) is 14.5 Å². The molecule has 3 aromatic rings. The number of aromatic nitrogens is 3. The summed E-state index contributed by atoms with van der Waals surface area (Å²) < 4.78 is 12.4. The van der Waals surface area contributed by atoms with Crippen molar-refractivity contribution in [1.29, 1.82) is 0 Å².